The molecule has 18 heavy (non-hydrogen) atoms. The molecule has 7 heteroatoms. The lowest BCUT2D eigenvalue weighted by Gasteiger charge is -2.19. The van der Waals surface area contributed by atoms with Crippen LogP contribution in [0.5, 0.6) is 0 Å². The van der Waals surface area contributed by atoms with Crippen LogP contribution >= 0.6 is 0 Å². The summed E-state index contributed by atoms with van der Waals surface area (Å²) in [6, 6.07) is 0. The monoisotopic (exact) mass is 254 g/mol. The second kappa shape index (κ2) is 6.95. The highest BCUT2D eigenvalue weighted by Gasteiger charge is 2.09. The van der Waals surface area contributed by atoms with E-state index in [0.29, 0.717) is 24.9 Å². The average molecular weight is 254 g/mol. The first-order valence-electron chi connectivity index (χ1n) is 6.25. The molecule has 1 unspecified atom stereocenters. The van der Waals surface area contributed by atoms with Gasteiger partial charge in [0.15, 0.2) is 0 Å². The largest absolute Gasteiger partial charge is 0.393 e. The molecule has 0 amide bonds. The summed E-state index contributed by atoms with van der Waals surface area (Å²) >= 11 is 0. The molecule has 1 aromatic rings. The third kappa shape index (κ3) is 4.33. The van der Waals surface area contributed by atoms with Crippen molar-refractivity contribution in [3.8, 4) is 0 Å². The molecule has 0 saturated heterocycles. The van der Waals surface area contributed by atoms with E-state index < -0.39 is 0 Å². The van der Waals surface area contributed by atoms with Gasteiger partial charge in [-0.1, -0.05) is 0 Å². The molecule has 1 heterocycles. The number of hydrogen-bond donors (Lipinski definition) is 3. The number of aliphatic hydroxyl groups excluding tert-OH is 1. The lowest BCUT2D eigenvalue weighted by molar-refractivity contribution is 0.188. The molecule has 0 bridgehead atoms. The van der Waals surface area contributed by atoms with Gasteiger partial charge in [0, 0.05) is 19.6 Å². The highest BCUT2D eigenvalue weighted by Crippen LogP contribution is 2.11. The summed E-state index contributed by atoms with van der Waals surface area (Å²) in [7, 11) is 0. The first-order valence-corrected chi connectivity index (χ1v) is 6.25. The molecule has 0 aliphatic heterocycles. The van der Waals surface area contributed by atoms with Gasteiger partial charge in [-0.3, -0.25) is 0 Å². The van der Waals surface area contributed by atoms with Gasteiger partial charge in [0.1, 0.15) is 0 Å². The minimum absolute atomic E-state index is 0.200. The number of rotatable bonds is 7. The van der Waals surface area contributed by atoms with Gasteiger partial charge in [0.05, 0.1) is 6.10 Å². The molecule has 1 aromatic heterocycles. The molecular weight excluding hydrogens is 232 g/mol. The predicted octanol–water partition coefficient (Wildman–Crippen LogP) is 0.483. The number of aliphatic hydroxyl groups is 1. The zero-order chi connectivity index (χ0) is 13.5. The maximum atomic E-state index is 9.18. The van der Waals surface area contributed by atoms with Crippen LogP contribution in [0.15, 0.2) is 0 Å². The molecule has 0 aliphatic carbocycles. The number of aromatic nitrogens is 3. The normalized spacial score (nSPS) is 12.2. The van der Waals surface area contributed by atoms with Crippen molar-refractivity contribution < 1.29 is 5.11 Å². The van der Waals surface area contributed by atoms with E-state index in [1.807, 2.05) is 18.7 Å². The van der Waals surface area contributed by atoms with E-state index >= 15 is 0 Å². The van der Waals surface area contributed by atoms with E-state index in [2.05, 4.69) is 20.3 Å². The highest BCUT2D eigenvalue weighted by molar-refractivity contribution is 5.41. The summed E-state index contributed by atoms with van der Waals surface area (Å²) in [4.78, 5) is 14.4. The zero-order valence-electron chi connectivity index (χ0n) is 11.2. The van der Waals surface area contributed by atoms with Gasteiger partial charge < -0.3 is 21.1 Å². The quantitative estimate of drug-likeness (QED) is 0.650. The molecule has 0 radical (unpaired) electrons. The predicted molar refractivity (Wildman–Crippen MR) is 72.6 cm³/mol. The second-order valence-corrected chi connectivity index (χ2v) is 4.05. The maximum absolute atomic E-state index is 9.18. The van der Waals surface area contributed by atoms with Crippen LogP contribution in [0, 0.1) is 0 Å². The fourth-order valence-electron chi connectivity index (χ4n) is 1.50. The molecule has 0 aromatic carbocycles. The van der Waals surface area contributed by atoms with Crippen molar-refractivity contribution in [1.82, 2.24) is 15.0 Å². The third-order valence-electron chi connectivity index (χ3n) is 2.53. The Morgan fingerprint density at radius 1 is 1.28 bits per heavy atom. The number of anilines is 3. The third-order valence-corrected chi connectivity index (χ3v) is 2.53. The van der Waals surface area contributed by atoms with E-state index in [1.54, 1.807) is 6.92 Å². The van der Waals surface area contributed by atoms with Gasteiger partial charge in [-0.2, -0.15) is 15.0 Å². The number of nitrogens with two attached hydrogens (primary N) is 1. The van der Waals surface area contributed by atoms with E-state index in [-0.39, 0.29) is 12.1 Å². The molecule has 0 spiro atoms. The first-order chi connectivity index (χ1) is 8.56. The van der Waals surface area contributed by atoms with Gasteiger partial charge in [-0.25, -0.2) is 0 Å². The molecule has 0 fully saturated rings. The van der Waals surface area contributed by atoms with Crippen molar-refractivity contribution in [2.75, 3.05) is 35.6 Å². The van der Waals surface area contributed by atoms with Crippen molar-refractivity contribution in [2.24, 2.45) is 0 Å². The van der Waals surface area contributed by atoms with Crippen molar-refractivity contribution in [3.63, 3.8) is 0 Å². The van der Waals surface area contributed by atoms with Crippen LogP contribution in [-0.4, -0.2) is 45.8 Å². The molecule has 1 rings (SSSR count). The fraction of sp³-hybridized carbons (Fsp3) is 0.727. The topological polar surface area (TPSA) is 100 Å². The molecule has 102 valence electrons. The number of nitrogen functional groups attached to an aromatic ring is 1. The molecule has 0 aliphatic rings. The van der Waals surface area contributed by atoms with Gasteiger partial charge in [0.2, 0.25) is 17.8 Å². The summed E-state index contributed by atoms with van der Waals surface area (Å²) < 4.78 is 0. The van der Waals surface area contributed by atoms with E-state index in [1.165, 1.54) is 0 Å². The van der Waals surface area contributed by atoms with Crippen LogP contribution in [0.3, 0.4) is 0 Å². The van der Waals surface area contributed by atoms with Crippen molar-refractivity contribution in [3.05, 3.63) is 0 Å². The SMILES string of the molecule is CCN(CC)c1nc(N)nc(NCCC(C)O)n1. The summed E-state index contributed by atoms with van der Waals surface area (Å²) in [5.41, 5.74) is 5.66. The molecular formula is C11H22N6O. The Morgan fingerprint density at radius 3 is 2.50 bits per heavy atom. The average Bonchev–Trinajstić information content (AvgIpc) is 2.29. The van der Waals surface area contributed by atoms with Crippen LogP contribution in [0.25, 0.3) is 0 Å². The summed E-state index contributed by atoms with van der Waals surface area (Å²) in [6.07, 6.45) is 0.283. The van der Waals surface area contributed by atoms with Crippen molar-refractivity contribution in [1.29, 1.82) is 0 Å². The minimum Gasteiger partial charge on any atom is -0.393 e. The van der Waals surface area contributed by atoms with Crippen molar-refractivity contribution in [2.45, 2.75) is 33.3 Å². The lowest BCUT2D eigenvalue weighted by atomic mass is 10.3. The van der Waals surface area contributed by atoms with Gasteiger partial charge in [0.25, 0.3) is 0 Å². The molecule has 0 saturated carbocycles. The summed E-state index contributed by atoms with van der Waals surface area (Å²) in [5.74, 6) is 1.23. The minimum atomic E-state index is -0.348. The van der Waals surface area contributed by atoms with Crippen LogP contribution in [-0.2, 0) is 0 Å². The molecule has 4 N–H and O–H groups in total. The Bertz CT molecular complexity index is 367. The number of nitrogens with one attached hydrogen (secondary N) is 1. The van der Waals surface area contributed by atoms with E-state index in [0.717, 1.165) is 13.1 Å². The van der Waals surface area contributed by atoms with Crippen LogP contribution in [0.2, 0.25) is 0 Å². The second-order valence-electron chi connectivity index (χ2n) is 4.05. The van der Waals surface area contributed by atoms with E-state index in [4.69, 9.17) is 5.73 Å². The zero-order valence-corrected chi connectivity index (χ0v) is 11.2. The van der Waals surface area contributed by atoms with Gasteiger partial charge >= 0.3 is 0 Å². The first kappa shape index (κ1) is 14.4. The van der Waals surface area contributed by atoms with Crippen molar-refractivity contribution >= 4 is 17.8 Å². The van der Waals surface area contributed by atoms with Gasteiger partial charge in [-0.05, 0) is 27.2 Å². The maximum Gasteiger partial charge on any atom is 0.231 e. The van der Waals surface area contributed by atoms with E-state index in [9.17, 15) is 5.11 Å². The Labute approximate surface area is 107 Å². The number of hydrogen-bond acceptors (Lipinski definition) is 7. The Morgan fingerprint density at radius 2 is 1.94 bits per heavy atom. The molecule has 1 atom stereocenters. The lowest BCUT2D eigenvalue weighted by Crippen LogP contribution is -2.25. The summed E-state index contributed by atoms with van der Waals surface area (Å²) in [6.45, 7) is 8.03. The Kier molecular flexibility index (Phi) is 5.57. The highest BCUT2D eigenvalue weighted by atomic mass is 16.3. The fourth-order valence-corrected chi connectivity index (χ4v) is 1.50. The van der Waals surface area contributed by atoms with Crippen LogP contribution in [0.1, 0.15) is 27.2 Å². The smallest absolute Gasteiger partial charge is 0.231 e. The summed E-state index contributed by atoms with van der Waals surface area (Å²) in [5, 5.41) is 12.2. The Balaban J connectivity index is 2.74. The Hall–Kier alpha value is -1.63. The van der Waals surface area contributed by atoms with Gasteiger partial charge in [-0.15, -0.1) is 0 Å². The molecule has 7 nitrogen and oxygen atoms in total. The standard InChI is InChI=1S/C11H22N6O/c1-4-17(5-2)11-15-9(12)14-10(16-11)13-7-6-8(3)18/h8,18H,4-7H2,1-3H3,(H3,12,13,14,15,16). The van der Waals surface area contributed by atoms with Crippen LogP contribution in [0.4, 0.5) is 17.8 Å². The number of nitrogens with zero attached hydrogens (tertiary/aromatic N) is 4. The van der Waals surface area contributed by atoms with Crippen LogP contribution < -0.4 is 16.0 Å².